The number of quaternary nitrogens is 1. The maximum Gasteiger partial charge on any atom is 0.472 e. The second-order valence-electron chi connectivity index (χ2n) is 14.3. The van der Waals surface area contributed by atoms with Crippen molar-refractivity contribution in [2.24, 2.45) is 0 Å². The van der Waals surface area contributed by atoms with Crippen LogP contribution in [0.2, 0.25) is 0 Å². The molecule has 9 heteroatoms. The minimum Gasteiger partial charge on any atom is -0.457 e. The Labute approximate surface area is 296 Å². The minimum atomic E-state index is -4.26. The molecule has 1 N–H and O–H groups in total. The number of hydrogen-bond donors (Lipinski definition) is 1. The Bertz CT molecular complexity index is 828. The van der Waals surface area contributed by atoms with Crippen molar-refractivity contribution in [3.8, 4) is 0 Å². The molecule has 0 radical (unpaired) electrons. The van der Waals surface area contributed by atoms with Crippen molar-refractivity contribution in [1.82, 2.24) is 0 Å². The number of likely N-dealkylation sites (N-methyl/N-ethyl adjacent to an activating group) is 1. The molecule has 0 aliphatic rings. The first-order chi connectivity index (χ1) is 23.1. The zero-order chi connectivity index (χ0) is 35.6. The highest BCUT2D eigenvalue weighted by molar-refractivity contribution is 7.47. The number of ether oxygens (including phenoxy) is 2. The number of phosphoric ester groups is 1. The number of rotatable bonds is 36. The van der Waals surface area contributed by atoms with E-state index >= 15 is 0 Å². The zero-order valence-electron chi connectivity index (χ0n) is 32.0. The molecule has 0 spiro atoms. The maximum absolute atomic E-state index is 12.6. The summed E-state index contributed by atoms with van der Waals surface area (Å²) in [5.41, 5.74) is 0. The van der Waals surface area contributed by atoms with Crippen LogP contribution in [-0.4, -0.2) is 75.6 Å². The Morgan fingerprint density at radius 3 is 1.71 bits per heavy atom. The van der Waals surface area contributed by atoms with E-state index in [0.29, 0.717) is 24.1 Å². The van der Waals surface area contributed by atoms with Crippen LogP contribution in [0.25, 0.3) is 0 Å². The lowest BCUT2D eigenvalue weighted by atomic mass is 10.1. The molecular formula is C39H77NO7P+. The van der Waals surface area contributed by atoms with E-state index in [2.05, 4.69) is 38.2 Å². The van der Waals surface area contributed by atoms with Crippen molar-refractivity contribution >= 4 is 13.8 Å². The van der Waals surface area contributed by atoms with Gasteiger partial charge in [-0.15, -0.1) is 0 Å². The molecule has 0 bridgehead atoms. The molecule has 0 aromatic rings. The topological polar surface area (TPSA) is 91.3 Å². The summed E-state index contributed by atoms with van der Waals surface area (Å²) < 4.78 is 34.8. The molecule has 0 aliphatic heterocycles. The molecule has 0 saturated heterocycles. The van der Waals surface area contributed by atoms with Gasteiger partial charge in [-0.25, -0.2) is 4.57 Å². The van der Waals surface area contributed by atoms with Gasteiger partial charge in [0.1, 0.15) is 19.3 Å². The highest BCUT2D eigenvalue weighted by Gasteiger charge is 2.26. The van der Waals surface area contributed by atoms with Gasteiger partial charge in [-0.2, -0.15) is 0 Å². The van der Waals surface area contributed by atoms with Crippen molar-refractivity contribution in [1.29, 1.82) is 0 Å². The summed E-state index contributed by atoms with van der Waals surface area (Å²) >= 11 is 0. The molecule has 0 heterocycles. The number of nitrogens with zero attached hydrogens (tertiary/aromatic N) is 1. The third-order valence-electron chi connectivity index (χ3n) is 8.27. The van der Waals surface area contributed by atoms with E-state index in [1.807, 2.05) is 21.1 Å². The van der Waals surface area contributed by atoms with E-state index in [0.717, 1.165) is 44.9 Å². The van der Waals surface area contributed by atoms with Gasteiger partial charge in [-0.05, 0) is 44.9 Å². The quantitative estimate of drug-likeness (QED) is 0.0228. The van der Waals surface area contributed by atoms with Gasteiger partial charge in [0.2, 0.25) is 0 Å². The molecule has 0 saturated carbocycles. The van der Waals surface area contributed by atoms with Crippen LogP contribution in [0.5, 0.6) is 0 Å². The minimum absolute atomic E-state index is 0.0882. The van der Waals surface area contributed by atoms with Gasteiger partial charge < -0.3 is 18.9 Å². The fraction of sp³-hybridized carbons (Fsp3) is 0.872. The molecule has 8 nitrogen and oxygen atoms in total. The lowest BCUT2D eigenvalue weighted by Gasteiger charge is -2.24. The highest BCUT2D eigenvalue weighted by atomic mass is 31.2. The van der Waals surface area contributed by atoms with E-state index < -0.39 is 13.9 Å². The van der Waals surface area contributed by atoms with E-state index in [9.17, 15) is 14.3 Å². The predicted octanol–water partition coefficient (Wildman–Crippen LogP) is 10.9. The number of carbonyl (C=O) groups is 1. The summed E-state index contributed by atoms with van der Waals surface area (Å²) in [5.74, 6) is -0.323. The molecule has 0 amide bonds. The van der Waals surface area contributed by atoms with Gasteiger partial charge in [0.25, 0.3) is 0 Å². The smallest absolute Gasteiger partial charge is 0.457 e. The van der Waals surface area contributed by atoms with Gasteiger partial charge in [0, 0.05) is 13.0 Å². The van der Waals surface area contributed by atoms with Crippen molar-refractivity contribution < 1.29 is 37.3 Å². The summed E-state index contributed by atoms with van der Waals surface area (Å²) in [6.07, 6.45) is 34.9. The van der Waals surface area contributed by atoms with Crippen LogP contribution in [0.1, 0.15) is 162 Å². The Morgan fingerprint density at radius 1 is 0.646 bits per heavy atom. The van der Waals surface area contributed by atoms with Crippen LogP contribution in [-0.2, 0) is 27.9 Å². The van der Waals surface area contributed by atoms with E-state index in [-0.39, 0.29) is 25.8 Å². The zero-order valence-corrected chi connectivity index (χ0v) is 32.9. The molecule has 284 valence electrons. The monoisotopic (exact) mass is 703 g/mol. The van der Waals surface area contributed by atoms with Gasteiger partial charge in [0.15, 0.2) is 0 Å². The molecule has 0 aliphatic carbocycles. The normalized spacial score (nSPS) is 14.2. The van der Waals surface area contributed by atoms with Crippen LogP contribution in [0, 0.1) is 0 Å². The maximum atomic E-state index is 12.6. The second kappa shape index (κ2) is 33.1. The first-order valence-electron chi connectivity index (χ1n) is 19.6. The molecule has 0 fully saturated rings. The molecule has 0 aromatic heterocycles. The number of esters is 1. The molecule has 48 heavy (non-hydrogen) atoms. The number of phosphoric acid groups is 1. The van der Waals surface area contributed by atoms with Crippen LogP contribution < -0.4 is 0 Å². The predicted molar refractivity (Wildman–Crippen MR) is 201 cm³/mol. The largest absolute Gasteiger partial charge is 0.472 e. The molecule has 2 atom stereocenters. The standard InChI is InChI=1S/C39H76NO7P/c1-6-8-10-12-14-16-17-18-19-20-21-22-23-24-25-26-28-30-32-39(41)47-38(36-44-34-31-29-27-15-13-11-9-7-2)37-46-48(42,43)45-35-33-40(3,4)5/h16-17,19-20,38H,6-15,18,21-37H2,1-5H3/p+1/b17-16-,20-19-. The van der Waals surface area contributed by atoms with Crippen molar-refractivity contribution in [2.75, 3.05) is 54.1 Å². The third kappa shape index (κ3) is 36.3. The summed E-state index contributed by atoms with van der Waals surface area (Å²) in [6, 6.07) is 0. The first kappa shape index (κ1) is 47.0. The number of allylic oxidation sites excluding steroid dienone is 4. The summed E-state index contributed by atoms with van der Waals surface area (Å²) in [4.78, 5) is 22.7. The van der Waals surface area contributed by atoms with Crippen molar-refractivity contribution in [3.05, 3.63) is 24.3 Å². The van der Waals surface area contributed by atoms with Crippen LogP contribution >= 0.6 is 7.82 Å². The number of carbonyl (C=O) groups excluding carboxylic acids is 1. The van der Waals surface area contributed by atoms with Gasteiger partial charge in [-0.1, -0.05) is 134 Å². The molecule has 0 aromatic carbocycles. The van der Waals surface area contributed by atoms with Gasteiger partial charge in [-0.3, -0.25) is 13.8 Å². The Morgan fingerprint density at radius 2 is 1.15 bits per heavy atom. The molecule has 2 unspecified atom stereocenters. The average Bonchev–Trinajstić information content (AvgIpc) is 3.03. The third-order valence-corrected chi connectivity index (χ3v) is 9.25. The summed E-state index contributed by atoms with van der Waals surface area (Å²) in [7, 11) is 1.66. The molecule has 0 rings (SSSR count). The Hall–Kier alpha value is -1.02. The average molecular weight is 703 g/mol. The second-order valence-corrected chi connectivity index (χ2v) is 15.8. The van der Waals surface area contributed by atoms with Crippen LogP contribution in [0.3, 0.4) is 0 Å². The van der Waals surface area contributed by atoms with Crippen molar-refractivity contribution in [2.45, 2.75) is 168 Å². The summed E-state index contributed by atoms with van der Waals surface area (Å²) in [5, 5.41) is 0. The fourth-order valence-corrected chi connectivity index (χ4v) is 5.91. The highest BCUT2D eigenvalue weighted by Crippen LogP contribution is 2.43. The number of unbranched alkanes of at least 4 members (excludes halogenated alkanes) is 18. The summed E-state index contributed by atoms with van der Waals surface area (Å²) in [6.45, 7) is 5.57. The fourth-order valence-electron chi connectivity index (χ4n) is 5.17. The van der Waals surface area contributed by atoms with E-state index in [1.165, 1.54) is 96.3 Å². The SMILES string of the molecule is CCCCCC/C=C\C/C=C\CCCCCCCCCC(=O)OC(COCCCCCCCCCC)COP(=O)(O)OCC[N+](C)(C)C. The van der Waals surface area contributed by atoms with E-state index in [1.54, 1.807) is 0 Å². The van der Waals surface area contributed by atoms with Crippen molar-refractivity contribution in [3.63, 3.8) is 0 Å². The van der Waals surface area contributed by atoms with Gasteiger partial charge in [0.05, 0.1) is 34.4 Å². The Kier molecular flexibility index (Phi) is 32.4. The number of hydrogen-bond acceptors (Lipinski definition) is 6. The van der Waals surface area contributed by atoms with Crippen LogP contribution in [0.4, 0.5) is 0 Å². The first-order valence-corrected chi connectivity index (χ1v) is 21.1. The molecular weight excluding hydrogens is 625 g/mol. The van der Waals surface area contributed by atoms with E-state index in [4.69, 9.17) is 18.5 Å². The lowest BCUT2D eigenvalue weighted by Crippen LogP contribution is -2.37. The van der Waals surface area contributed by atoms with Gasteiger partial charge >= 0.3 is 13.8 Å². The Balaban J connectivity index is 4.22. The lowest BCUT2D eigenvalue weighted by molar-refractivity contribution is -0.870. The van der Waals surface area contributed by atoms with Crippen LogP contribution in [0.15, 0.2) is 24.3 Å².